The van der Waals surface area contributed by atoms with E-state index < -0.39 is 22.0 Å². The van der Waals surface area contributed by atoms with Gasteiger partial charge in [0.05, 0.1) is 18.1 Å². The van der Waals surface area contributed by atoms with E-state index in [1.807, 2.05) is 13.8 Å². The lowest BCUT2D eigenvalue weighted by molar-refractivity contribution is -0.131. The Morgan fingerprint density at radius 3 is 2.20 bits per heavy atom. The van der Waals surface area contributed by atoms with E-state index in [2.05, 4.69) is 10.0 Å². The number of methoxy groups -OCH3 is 1. The maximum absolute atomic E-state index is 12.8. The van der Waals surface area contributed by atoms with E-state index in [1.165, 1.54) is 17.6 Å². The zero-order chi connectivity index (χ0) is 25.8. The summed E-state index contributed by atoms with van der Waals surface area (Å²) in [6.07, 6.45) is 1.85. The Balaban J connectivity index is 1.88. The number of nitrogens with one attached hydrogen (secondary N) is 3. The van der Waals surface area contributed by atoms with Gasteiger partial charge in [0.2, 0.25) is 10.0 Å². The van der Waals surface area contributed by atoms with Crippen molar-refractivity contribution in [3.05, 3.63) is 54.1 Å². The molecule has 2 amide bonds. The van der Waals surface area contributed by atoms with Gasteiger partial charge in [-0.2, -0.15) is 4.72 Å². The van der Waals surface area contributed by atoms with Crippen molar-refractivity contribution in [3.8, 4) is 11.5 Å². The van der Waals surface area contributed by atoms with Crippen molar-refractivity contribution in [1.29, 1.82) is 0 Å². The second-order valence-corrected chi connectivity index (χ2v) is 9.65. The average molecular weight is 508 g/mol. The highest BCUT2D eigenvalue weighted by Crippen LogP contribution is 2.18. The molecule has 10 nitrogen and oxygen atoms in total. The molecule has 2 aromatic carbocycles. The number of ether oxygens (including phenoxy) is 2. The number of hydrogen-bond donors (Lipinski definition) is 4. The molecule has 2 rings (SSSR count). The summed E-state index contributed by atoms with van der Waals surface area (Å²) in [6, 6.07) is 11.4. The van der Waals surface area contributed by atoms with Crippen molar-refractivity contribution in [2.75, 3.05) is 13.7 Å². The number of carbonyl (C=O) groups excluding carboxylic acids is 2. The van der Waals surface area contributed by atoms with Crippen molar-refractivity contribution < 1.29 is 32.7 Å². The van der Waals surface area contributed by atoms with Crippen molar-refractivity contribution >= 4 is 21.8 Å². The topological polar surface area (TPSA) is 143 Å². The number of sulfonamides is 1. The minimum absolute atomic E-state index is 0.00537. The van der Waals surface area contributed by atoms with Crippen LogP contribution in [0.2, 0.25) is 0 Å². The van der Waals surface area contributed by atoms with Gasteiger partial charge in [0.1, 0.15) is 17.5 Å². The largest absolute Gasteiger partial charge is 0.497 e. The van der Waals surface area contributed by atoms with E-state index >= 15 is 0 Å². The monoisotopic (exact) mass is 507 g/mol. The van der Waals surface area contributed by atoms with E-state index in [-0.39, 0.29) is 23.3 Å². The fourth-order valence-corrected chi connectivity index (χ4v) is 4.34. The van der Waals surface area contributed by atoms with Gasteiger partial charge in [0.25, 0.3) is 11.8 Å². The van der Waals surface area contributed by atoms with Crippen LogP contribution in [0.25, 0.3) is 0 Å². The van der Waals surface area contributed by atoms with Crippen LogP contribution in [-0.4, -0.2) is 51.2 Å². The Labute approximate surface area is 206 Å². The molecule has 0 aliphatic rings. The molecule has 0 saturated heterocycles. The number of rotatable bonds is 14. The molecule has 0 spiro atoms. The van der Waals surface area contributed by atoms with Gasteiger partial charge < -0.3 is 14.8 Å². The SMILES string of the molecule is CCC(C)Oc1ccc(S(=O)(=O)N[C@H](CCCCNC(=O)c2ccc(OC)cc2)C(=O)NO)cc1. The van der Waals surface area contributed by atoms with Crippen LogP contribution in [0.15, 0.2) is 53.4 Å². The van der Waals surface area contributed by atoms with Gasteiger partial charge in [0.15, 0.2) is 0 Å². The van der Waals surface area contributed by atoms with Crippen LogP contribution in [-0.2, 0) is 14.8 Å². The third-order valence-corrected chi connectivity index (χ3v) is 6.82. The summed E-state index contributed by atoms with van der Waals surface area (Å²) in [6.45, 7) is 4.23. The molecular formula is C24H33N3O7S. The van der Waals surface area contributed by atoms with E-state index in [9.17, 15) is 18.0 Å². The predicted molar refractivity (Wildman–Crippen MR) is 130 cm³/mol. The molecule has 0 bridgehead atoms. The molecule has 0 aliphatic heterocycles. The zero-order valence-corrected chi connectivity index (χ0v) is 20.9. The van der Waals surface area contributed by atoms with Crippen molar-refractivity contribution in [2.24, 2.45) is 0 Å². The third-order valence-electron chi connectivity index (χ3n) is 5.33. The summed E-state index contributed by atoms with van der Waals surface area (Å²) in [5.74, 6) is 0.0681. The summed E-state index contributed by atoms with van der Waals surface area (Å²) in [5, 5.41) is 11.8. The summed E-state index contributed by atoms with van der Waals surface area (Å²) >= 11 is 0. The van der Waals surface area contributed by atoms with E-state index in [4.69, 9.17) is 14.7 Å². The number of unbranched alkanes of at least 4 members (excludes halogenated alkanes) is 1. The lowest BCUT2D eigenvalue weighted by Crippen LogP contribution is -2.45. The van der Waals surface area contributed by atoms with Crippen LogP contribution in [0.1, 0.15) is 49.9 Å². The van der Waals surface area contributed by atoms with Gasteiger partial charge in [-0.1, -0.05) is 6.92 Å². The van der Waals surface area contributed by atoms with Gasteiger partial charge in [-0.3, -0.25) is 14.8 Å². The number of benzene rings is 2. The Morgan fingerprint density at radius 1 is 1.00 bits per heavy atom. The average Bonchev–Trinajstić information content (AvgIpc) is 2.87. The normalized spacial score (nSPS) is 12.9. The molecular weight excluding hydrogens is 474 g/mol. The number of amides is 2. The Kier molecular flexibility index (Phi) is 11.0. The summed E-state index contributed by atoms with van der Waals surface area (Å²) in [5.41, 5.74) is 1.98. The first-order chi connectivity index (χ1) is 16.7. The molecule has 2 aromatic rings. The van der Waals surface area contributed by atoms with Gasteiger partial charge >= 0.3 is 0 Å². The first-order valence-electron chi connectivity index (χ1n) is 11.4. The van der Waals surface area contributed by atoms with Gasteiger partial charge in [-0.05, 0) is 81.1 Å². The molecule has 0 heterocycles. The molecule has 0 aliphatic carbocycles. The summed E-state index contributed by atoms with van der Waals surface area (Å²) < 4.78 is 38.5. The molecule has 2 atom stereocenters. The van der Waals surface area contributed by atoms with E-state index in [0.717, 1.165) is 6.42 Å². The van der Waals surface area contributed by atoms with Crippen LogP contribution in [0.3, 0.4) is 0 Å². The van der Waals surface area contributed by atoms with Crippen molar-refractivity contribution in [2.45, 2.75) is 56.6 Å². The Morgan fingerprint density at radius 2 is 1.63 bits per heavy atom. The van der Waals surface area contributed by atoms with Gasteiger partial charge in [0, 0.05) is 12.1 Å². The van der Waals surface area contributed by atoms with Crippen LogP contribution >= 0.6 is 0 Å². The second kappa shape index (κ2) is 13.7. The molecule has 0 radical (unpaired) electrons. The smallest absolute Gasteiger partial charge is 0.261 e. The minimum Gasteiger partial charge on any atom is -0.497 e. The fourth-order valence-electron chi connectivity index (χ4n) is 3.11. The number of carbonyl (C=O) groups is 2. The minimum atomic E-state index is -4.02. The maximum atomic E-state index is 12.8. The van der Waals surface area contributed by atoms with Crippen LogP contribution in [0.5, 0.6) is 11.5 Å². The zero-order valence-electron chi connectivity index (χ0n) is 20.1. The molecule has 0 saturated carbocycles. The van der Waals surface area contributed by atoms with Gasteiger partial charge in [-0.25, -0.2) is 13.9 Å². The second-order valence-electron chi connectivity index (χ2n) is 7.94. The number of hydrogen-bond acceptors (Lipinski definition) is 7. The quantitative estimate of drug-likeness (QED) is 0.175. The molecule has 1 unspecified atom stereocenters. The van der Waals surface area contributed by atoms with Gasteiger partial charge in [-0.15, -0.1) is 0 Å². The van der Waals surface area contributed by atoms with Crippen LogP contribution in [0.4, 0.5) is 0 Å². The Bertz CT molecular complexity index is 1060. The highest BCUT2D eigenvalue weighted by Gasteiger charge is 2.25. The lowest BCUT2D eigenvalue weighted by Gasteiger charge is -2.17. The highest BCUT2D eigenvalue weighted by atomic mass is 32.2. The molecule has 0 aromatic heterocycles. The van der Waals surface area contributed by atoms with Crippen molar-refractivity contribution in [3.63, 3.8) is 0 Å². The molecule has 35 heavy (non-hydrogen) atoms. The number of hydroxylamine groups is 1. The standard InChI is InChI=1S/C24H33N3O7S/c1-4-17(2)34-20-12-14-21(15-13-20)35(31,32)27-22(24(29)26-30)7-5-6-16-25-23(28)18-8-10-19(33-3)11-9-18/h8-15,17,22,27,30H,4-7,16H2,1-3H3,(H,25,28)(H,26,29)/t17?,22-/m1/s1. The molecule has 11 heteroatoms. The van der Waals surface area contributed by atoms with Crippen LogP contribution in [0, 0.1) is 0 Å². The lowest BCUT2D eigenvalue weighted by atomic mass is 10.1. The summed E-state index contributed by atoms with van der Waals surface area (Å²) in [7, 11) is -2.48. The molecule has 4 N–H and O–H groups in total. The third kappa shape index (κ3) is 8.85. The van der Waals surface area contributed by atoms with Crippen LogP contribution < -0.4 is 25.0 Å². The maximum Gasteiger partial charge on any atom is 0.261 e. The van der Waals surface area contributed by atoms with Crippen molar-refractivity contribution in [1.82, 2.24) is 15.5 Å². The first-order valence-corrected chi connectivity index (χ1v) is 12.8. The summed E-state index contributed by atoms with van der Waals surface area (Å²) in [4.78, 5) is 24.2. The Hall–Kier alpha value is -3.15. The fraction of sp³-hybridized carbons (Fsp3) is 0.417. The highest BCUT2D eigenvalue weighted by molar-refractivity contribution is 7.89. The first kappa shape index (κ1) is 28.1. The molecule has 0 fully saturated rings. The van der Waals surface area contributed by atoms with E-state index in [0.29, 0.717) is 36.4 Å². The predicted octanol–water partition coefficient (Wildman–Crippen LogP) is 2.63. The van der Waals surface area contributed by atoms with E-state index in [1.54, 1.807) is 43.5 Å². The molecule has 192 valence electrons.